The van der Waals surface area contributed by atoms with Crippen LogP contribution in [-0.2, 0) is 6.42 Å². The fourth-order valence-electron chi connectivity index (χ4n) is 4.23. The number of halogens is 1. The summed E-state index contributed by atoms with van der Waals surface area (Å²) in [7, 11) is 1.52. The molecule has 0 saturated carbocycles. The predicted octanol–water partition coefficient (Wildman–Crippen LogP) is 3.78. The van der Waals surface area contributed by atoms with Crippen molar-refractivity contribution >= 4 is 5.82 Å². The van der Waals surface area contributed by atoms with Crippen molar-refractivity contribution < 1.29 is 9.13 Å². The summed E-state index contributed by atoms with van der Waals surface area (Å²) in [6.45, 7) is 4.04. The number of benzene rings is 1. The van der Waals surface area contributed by atoms with E-state index in [4.69, 9.17) is 4.74 Å². The van der Waals surface area contributed by atoms with Crippen LogP contribution in [0.25, 0.3) is 0 Å². The van der Waals surface area contributed by atoms with Gasteiger partial charge in [0.2, 0.25) is 0 Å². The van der Waals surface area contributed by atoms with Crippen LogP contribution < -0.4 is 15.0 Å². The lowest BCUT2D eigenvalue weighted by Crippen LogP contribution is -2.43. The lowest BCUT2D eigenvalue weighted by Gasteiger charge is -2.35. The van der Waals surface area contributed by atoms with Gasteiger partial charge in [0.1, 0.15) is 5.82 Å². The van der Waals surface area contributed by atoms with Crippen LogP contribution >= 0.6 is 0 Å². The standard InChI is InChI=1S/C21H26FN3O/c1-14-4-3-5-20(23-14)25-12-10-15(11-13-25)24-18-8-6-17-16(18)7-9-19(26-2)21(17)22/h3-5,7,9,15,18,24H,6,8,10-13H2,1-2H3. The Bertz CT molecular complexity index is 787. The van der Waals surface area contributed by atoms with Gasteiger partial charge in [-0.1, -0.05) is 12.1 Å². The average Bonchev–Trinajstić information content (AvgIpc) is 3.06. The predicted molar refractivity (Wildman–Crippen MR) is 101 cm³/mol. The van der Waals surface area contributed by atoms with Gasteiger partial charge in [-0.05, 0) is 61.9 Å². The van der Waals surface area contributed by atoms with Gasteiger partial charge in [0, 0.05) is 30.9 Å². The average molecular weight is 355 g/mol. The lowest BCUT2D eigenvalue weighted by atomic mass is 10.0. The smallest absolute Gasteiger partial charge is 0.168 e. The second-order valence-electron chi connectivity index (χ2n) is 7.31. The maximum absolute atomic E-state index is 14.4. The van der Waals surface area contributed by atoms with Crippen LogP contribution in [0.5, 0.6) is 5.75 Å². The molecule has 2 aromatic rings. The normalized spacial score (nSPS) is 20.3. The van der Waals surface area contributed by atoms with Gasteiger partial charge < -0.3 is 15.0 Å². The summed E-state index contributed by atoms with van der Waals surface area (Å²) in [5.74, 6) is 1.24. The molecule has 4 rings (SSSR count). The van der Waals surface area contributed by atoms with E-state index in [0.717, 1.165) is 61.4 Å². The number of nitrogens with one attached hydrogen (secondary N) is 1. The molecule has 2 aliphatic rings. The zero-order chi connectivity index (χ0) is 18.1. The minimum Gasteiger partial charge on any atom is -0.494 e. The Morgan fingerprint density at radius 3 is 2.69 bits per heavy atom. The molecule has 1 unspecified atom stereocenters. The number of aromatic nitrogens is 1. The van der Waals surface area contributed by atoms with Crippen LogP contribution in [0, 0.1) is 12.7 Å². The molecule has 1 aliphatic carbocycles. The number of aryl methyl sites for hydroxylation is 1. The van der Waals surface area contributed by atoms with Gasteiger partial charge in [-0.25, -0.2) is 9.37 Å². The van der Waals surface area contributed by atoms with Crippen molar-refractivity contribution in [2.45, 2.75) is 44.7 Å². The largest absolute Gasteiger partial charge is 0.494 e. The van der Waals surface area contributed by atoms with E-state index in [2.05, 4.69) is 27.3 Å². The molecule has 1 atom stereocenters. The first-order valence-electron chi connectivity index (χ1n) is 9.45. The molecule has 26 heavy (non-hydrogen) atoms. The highest BCUT2D eigenvalue weighted by Gasteiger charge is 2.30. The Kier molecular flexibility index (Phi) is 4.81. The Morgan fingerprint density at radius 1 is 1.15 bits per heavy atom. The highest BCUT2D eigenvalue weighted by molar-refractivity contribution is 5.43. The number of piperidine rings is 1. The summed E-state index contributed by atoms with van der Waals surface area (Å²) >= 11 is 0. The van der Waals surface area contributed by atoms with Crippen LogP contribution in [0.15, 0.2) is 30.3 Å². The van der Waals surface area contributed by atoms with E-state index in [0.29, 0.717) is 11.8 Å². The van der Waals surface area contributed by atoms with E-state index < -0.39 is 0 Å². The van der Waals surface area contributed by atoms with E-state index in [1.54, 1.807) is 6.07 Å². The third-order valence-corrected chi connectivity index (χ3v) is 5.65. The Hall–Kier alpha value is -2.14. The first kappa shape index (κ1) is 17.3. The van der Waals surface area contributed by atoms with E-state index >= 15 is 0 Å². The minimum absolute atomic E-state index is 0.186. The van der Waals surface area contributed by atoms with Crippen molar-refractivity contribution in [2.75, 3.05) is 25.1 Å². The number of pyridine rings is 1. The molecular weight excluding hydrogens is 329 g/mol. The third-order valence-electron chi connectivity index (χ3n) is 5.65. The molecule has 1 saturated heterocycles. The summed E-state index contributed by atoms with van der Waals surface area (Å²) in [6.07, 6.45) is 3.90. The molecule has 1 aromatic heterocycles. The van der Waals surface area contributed by atoms with Gasteiger partial charge in [0.05, 0.1) is 7.11 Å². The highest BCUT2D eigenvalue weighted by atomic mass is 19.1. The molecule has 5 heteroatoms. The van der Waals surface area contributed by atoms with Gasteiger partial charge >= 0.3 is 0 Å². The van der Waals surface area contributed by atoms with Gasteiger partial charge in [-0.3, -0.25) is 0 Å². The summed E-state index contributed by atoms with van der Waals surface area (Å²) in [6, 6.07) is 10.7. The van der Waals surface area contributed by atoms with Gasteiger partial charge in [0.15, 0.2) is 11.6 Å². The van der Waals surface area contributed by atoms with Crippen molar-refractivity contribution in [1.82, 2.24) is 10.3 Å². The fraction of sp³-hybridized carbons (Fsp3) is 0.476. The maximum Gasteiger partial charge on any atom is 0.168 e. The zero-order valence-corrected chi connectivity index (χ0v) is 15.5. The van der Waals surface area contributed by atoms with Crippen molar-refractivity contribution in [3.8, 4) is 5.75 Å². The first-order chi connectivity index (χ1) is 12.7. The number of anilines is 1. The van der Waals surface area contributed by atoms with E-state index in [-0.39, 0.29) is 11.9 Å². The second kappa shape index (κ2) is 7.23. The molecule has 2 heterocycles. The van der Waals surface area contributed by atoms with E-state index in [9.17, 15) is 4.39 Å². The van der Waals surface area contributed by atoms with Gasteiger partial charge in [0.25, 0.3) is 0 Å². The first-order valence-corrected chi connectivity index (χ1v) is 9.45. The molecule has 1 N–H and O–H groups in total. The third kappa shape index (κ3) is 3.28. The Balaban J connectivity index is 1.38. The summed E-state index contributed by atoms with van der Waals surface area (Å²) in [4.78, 5) is 6.99. The number of fused-ring (bicyclic) bond motifs is 1. The topological polar surface area (TPSA) is 37.4 Å². The number of methoxy groups -OCH3 is 1. The van der Waals surface area contributed by atoms with E-state index in [1.807, 2.05) is 19.1 Å². The Morgan fingerprint density at radius 2 is 1.96 bits per heavy atom. The number of hydrogen-bond donors (Lipinski definition) is 1. The van der Waals surface area contributed by atoms with Crippen LogP contribution in [0.1, 0.15) is 42.1 Å². The molecule has 0 bridgehead atoms. The monoisotopic (exact) mass is 355 g/mol. The number of ether oxygens (including phenoxy) is 1. The molecule has 4 nitrogen and oxygen atoms in total. The molecule has 0 amide bonds. The molecule has 1 aromatic carbocycles. The molecule has 138 valence electrons. The van der Waals surface area contributed by atoms with E-state index in [1.165, 1.54) is 7.11 Å². The quantitative estimate of drug-likeness (QED) is 0.906. The minimum atomic E-state index is -0.186. The van der Waals surface area contributed by atoms with Crippen LogP contribution in [0.4, 0.5) is 10.2 Å². The number of hydrogen-bond acceptors (Lipinski definition) is 4. The molecule has 1 aliphatic heterocycles. The zero-order valence-electron chi connectivity index (χ0n) is 15.5. The highest BCUT2D eigenvalue weighted by Crippen LogP contribution is 2.37. The lowest BCUT2D eigenvalue weighted by molar-refractivity contribution is 0.367. The molecule has 1 fully saturated rings. The number of rotatable bonds is 4. The Labute approximate surface area is 154 Å². The summed E-state index contributed by atoms with van der Waals surface area (Å²) in [5, 5.41) is 3.77. The number of nitrogens with zero attached hydrogens (tertiary/aromatic N) is 2. The van der Waals surface area contributed by atoms with Crippen molar-refractivity contribution in [3.63, 3.8) is 0 Å². The van der Waals surface area contributed by atoms with Gasteiger partial charge in [-0.2, -0.15) is 0 Å². The molecule has 0 radical (unpaired) electrons. The van der Waals surface area contributed by atoms with Crippen LogP contribution in [0.2, 0.25) is 0 Å². The summed E-state index contributed by atoms with van der Waals surface area (Å²) in [5.41, 5.74) is 2.98. The van der Waals surface area contributed by atoms with Gasteiger partial charge in [-0.15, -0.1) is 0 Å². The summed E-state index contributed by atoms with van der Waals surface area (Å²) < 4.78 is 19.5. The maximum atomic E-state index is 14.4. The van der Waals surface area contributed by atoms with Crippen LogP contribution in [-0.4, -0.2) is 31.2 Å². The van der Waals surface area contributed by atoms with Crippen molar-refractivity contribution in [2.24, 2.45) is 0 Å². The molecular formula is C21H26FN3O. The van der Waals surface area contributed by atoms with Crippen molar-refractivity contribution in [3.05, 3.63) is 53.0 Å². The SMILES string of the molecule is COc1ccc2c(c1F)CCC2NC1CCN(c2cccc(C)n2)CC1. The molecule has 0 spiro atoms. The van der Waals surface area contributed by atoms with Crippen molar-refractivity contribution in [1.29, 1.82) is 0 Å². The van der Waals surface area contributed by atoms with Crippen LogP contribution in [0.3, 0.4) is 0 Å². The fourth-order valence-corrected chi connectivity index (χ4v) is 4.23. The second-order valence-corrected chi connectivity index (χ2v) is 7.31.